The van der Waals surface area contributed by atoms with Crippen molar-refractivity contribution in [2.45, 2.75) is 25.7 Å². The second-order valence-electron chi connectivity index (χ2n) is 4.25. The fraction of sp³-hybridized carbons (Fsp3) is 0.538. The van der Waals surface area contributed by atoms with E-state index in [-0.39, 0.29) is 5.69 Å². The molecule has 0 amide bonds. The first kappa shape index (κ1) is 16.1. The number of unbranched alkanes of at least 4 members (excludes halogenated alkanes) is 3. The molecular weight excluding hydrogens is 284 g/mol. The largest absolute Gasteiger partial charge is 0.379 e. The summed E-state index contributed by atoms with van der Waals surface area (Å²) in [5.74, 6) is 1.20. The number of nitro benzene ring substituents is 1. The molecule has 1 aromatic rings. The third-order valence-corrected chi connectivity index (χ3v) is 3.68. The van der Waals surface area contributed by atoms with Crippen molar-refractivity contribution in [3.05, 3.63) is 33.3 Å². The van der Waals surface area contributed by atoms with Gasteiger partial charge in [-0.15, -0.1) is 0 Å². The zero-order valence-electron chi connectivity index (χ0n) is 11.0. The van der Waals surface area contributed by atoms with Crippen molar-refractivity contribution in [2.75, 3.05) is 23.9 Å². The van der Waals surface area contributed by atoms with E-state index in [1.807, 2.05) is 11.8 Å². The van der Waals surface area contributed by atoms with E-state index in [1.165, 1.54) is 30.7 Å². The van der Waals surface area contributed by atoms with Gasteiger partial charge in [-0.05, 0) is 37.0 Å². The maximum Gasteiger partial charge on any atom is 0.292 e. The van der Waals surface area contributed by atoms with Crippen LogP contribution in [0.1, 0.15) is 25.7 Å². The van der Waals surface area contributed by atoms with Gasteiger partial charge in [-0.2, -0.15) is 11.8 Å². The Balaban J connectivity index is 2.36. The Labute approximate surface area is 123 Å². The van der Waals surface area contributed by atoms with Gasteiger partial charge in [0.1, 0.15) is 5.69 Å². The van der Waals surface area contributed by atoms with Crippen LogP contribution in [0.25, 0.3) is 0 Å². The average molecular weight is 303 g/mol. The van der Waals surface area contributed by atoms with Crippen molar-refractivity contribution in [3.8, 4) is 0 Å². The molecule has 19 heavy (non-hydrogen) atoms. The summed E-state index contributed by atoms with van der Waals surface area (Å²) in [6.07, 6.45) is 6.71. The molecular formula is C13H19ClN2O2S. The monoisotopic (exact) mass is 302 g/mol. The minimum Gasteiger partial charge on any atom is -0.379 e. The summed E-state index contributed by atoms with van der Waals surface area (Å²) in [6, 6.07) is 4.57. The highest BCUT2D eigenvalue weighted by molar-refractivity contribution is 7.98. The SMILES string of the molecule is CSCCCCCCNc1cc(Cl)ccc1[N+](=O)[O-]. The number of halogens is 1. The second-order valence-corrected chi connectivity index (χ2v) is 5.67. The van der Waals surface area contributed by atoms with Crippen LogP contribution in [0, 0.1) is 10.1 Å². The summed E-state index contributed by atoms with van der Waals surface area (Å²) in [5.41, 5.74) is 0.577. The van der Waals surface area contributed by atoms with Crippen LogP contribution in [-0.4, -0.2) is 23.5 Å². The molecule has 0 radical (unpaired) electrons. The molecule has 0 aromatic heterocycles. The zero-order chi connectivity index (χ0) is 14.1. The van der Waals surface area contributed by atoms with Crippen molar-refractivity contribution >= 4 is 34.7 Å². The van der Waals surface area contributed by atoms with Crippen LogP contribution in [0.4, 0.5) is 11.4 Å². The molecule has 6 heteroatoms. The zero-order valence-corrected chi connectivity index (χ0v) is 12.6. The van der Waals surface area contributed by atoms with Crippen LogP contribution < -0.4 is 5.32 Å². The van der Waals surface area contributed by atoms with Crippen LogP contribution in [0.15, 0.2) is 18.2 Å². The third-order valence-electron chi connectivity index (χ3n) is 2.75. The molecule has 0 atom stereocenters. The van der Waals surface area contributed by atoms with Gasteiger partial charge < -0.3 is 5.32 Å². The third kappa shape index (κ3) is 6.16. The van der Waals surface area contributed by atoms with Crippen molar-refractivity contribution in [1.29, 1.82) is 0 Å². The number of nitrogens with one attached hydrogen (secondary N) is 1. The summed E-state index contributed by atoms with van der Waals surface area (Å²) in [5, 5.41) is 14.5. The lowest BCUT2D eigenvalue weighted by atomic mass is 10.2. The lowest BCUT2D eigenvalue weighted by Gasteiger charge is -2.07. The van der Waals surface area contributed by atoms with Gasteiger partial charge in [0.25, 0.3) is 5.69 Å². The molecule has 106 valence electrons. The maximum absolute atomic E-state index is 10.9. The van der Waals surface area contributed by atoms with Crippen LogP contribution in [0.2, 0.25) is 5.02 Å². The Bertz CT molecular complexity index is 416. The Morgan fingerprint density at radius 1 is 1.32 bits per heavy atom. The van der Waals surface area contributed by atoms with E-state index in [0.717, 1.165) is 19.4 Å². The molecule has 0 fully saturated rings. The average Bonchev–Trinajstić information content (AvgIpc) is 2.37. The predicted octanol–water partition coefficient (Wildman–Crippen LogP) is 4.58. The van der Waals surface area contributed by atoms with Gasteiger partial charge >= 0.3 is 0 Å². The molecule has 0 aliphatic heterocycles. The highest BCUT2D eigenvalue weighted by atomic mass is 35.5. The molecule has 1 rings (SSSR count). The first-order valence-corrected chi connectivity index (χ1v) is 8.09. The van der Waals surface area contributed by atoms with E-state index in [9.17, 15) is 10.1 Å². The van der Waals surface area contributed by atoms with E-state index >= 15 is 0 Å². The smallest absolute Gasteiger partial charge is 0.292 e. The molecule has 0 heterocycles. The minimum absolute atomic E-state index is 0.0757. The summed E-state index contributed by atoms with van der Waals surface area (Å²) >= 11 is 7.72. The molecule has 0 unspecified atom stereocenters. The predicted molar refractivity (Wildman–Crippen MR) is 83.4 cm³/mol. The number of nitrogens with zero attached hydrogens (tertiary/aromatic N) is 1. The van der Waals surface area contributed by atoms with Crippen molar-refractivity contribution in [2.24, 2.45) is 0 Å². The second kappa shape index (κ2) is 9.04. The quantitative estimate of drug-likeness (QED) is 0.412. The van der Waals surface area contributed by atoms with Gasteiger partial charge in [-0.1, -0.05) is 24.4 Å². The lowest BCUT2D eigenvalue weighted by molar-refractivity contribution is -0.384. The number of hydrogen-bond acceptors (Lipinski definition) is 4. The van der Waals surface area contributed by atoms with Crippen LogP contribution >= 0.6 is 23.4 Å². The van der Waals surface area contributed by atoms with Crippen molar-refractivity contribution < 1.29 is 4.92 Å². The highest BCUT2D eigenvalue weighted by Gasteiger charge is 2.12. The minimum atomic E-state index is -0.392. The fourth-order valence-electron chi connectivity index (χ4n) is 1.76. The number of nitro groups is 1. The maximum atomic E-state index is 10.9. The van der Waals surface area contributed by atoms with Crippen LogP contribution in [0.5, 0.6) is 0 Å². The summed E-state index contributed by atoms with van der Waals surface area (Å²) in [4.78, 5) is 10.5. The van der Waals surface area contributed by atoms with E-state index in [1.54, 1.807) is 6.07 Å². The Morgan fingerprint density at radius 3 is 2.74 bits per heavy atom. The molecule has 0 saturated carbocycles. The Morgan fingerprint density at radius 2 is 2.05 bits per heavy atom. The molecule has 4 nitrogen and oxygen atoms in total. The number of benzene rings is 1. The topological polar surface area (TPSA) is 55.2 Å². The lowest BCUT2D eigenvalue weighted by Crippen LogP contribution is -2.04. The molecule has 0 aliphatic carbocycles. The van der Waals surface area contributed by atoms with Gasteiger partial charge in [0.05, 0.1) is 4.92 Å². The molecule has 1 N–H and O–H groups in total. The first-order chi connectivity index (χ1) is 9.15. The fourth-order valence-corrected chi connectivity index (χ4v) is 2.42. The number of anilines is 1. The van der Waals surface area contributed by atoms with Gasteiger partial charge in [0.15, 0.2) is 0 Å². The van der Waals surface area contributed by atoms with Gasteiger partial charge in [-0.3, -0.25) is 10.1 Å². The Kier molecular flexibility index (Phi) is 7.67. The number of hydrogen-bond donors (Lipinski definition) is 1. The van der Waals surface area contributed by atoms with E-state index < -0.39 is 4.92 Å². The molecule has 0 saturated heterocycles. The molecule has 0 bridgehead atoms. The molecule has 0 spiro atoms. The first-order valence-electron chi connectivity index (χ1n) is 6.32. The van der Waals surface area contributed by atoms with Crippen molar-refractivity contribution in [1.82, 2.24) is 0 Å². The van der Waals surface area contributed by atoms with Crippen LogP contribution in [0.3, 0.4) is 0 Å². The van der Waals surface area contributed by atoms with Gasteiger partial charge in [0.2, 0.25) is 0 Å². The normalized spacial score (nSPS) is 10.4. The summed E-state index contributed by atoms with van der Waals surface area (Å²) < 4.78 is 0. The summed E-state index contributed by atoms with van der Waals surface area (Å²) in [6.45, 7) is 0.737. The standard InChI is InChI=1S/C13H19ClN2O2S/c1-19-9-5-3-2-4-8-15-12-10-11(14)6-7-13(12)16(17)18/h6-7,10,15H,2-5,8-9H2,1H3. The summed E-state index contributed by atoms with van der Waals surface area (Å²) in [7, 11) is 0. The highest BCUT2D eigenvalue weighted by Crippen LogP contribution is 2.27. The Hall–Kier alpha value is -0.940. The van der Waals surface area contributed by atoms with Gasteiger partial charge in [0, 0.05) is 17.6 Å². The molecule has 0 aliphatic rings. The van der Waals surface area contributed by atoms with E-state index in [2.05, 4.69) is 11.6 Å². The van der Waals surface area contributed by atoms with Crippen molar-refractivity contribution in [3.63, 3.8) is 0 Å². The molecule has 1 aromatic carbocycles. The van der Waals surface area contributed by atoms with Gasteiger partial charge in [-0.25, -0.2) is 0 Å². The van der Waals surface area contributed by atoms with E-state index in [4.69, 9.17) is 11.6 Å². The number of rotatable bonds is 9. The number of thioether (sulfide) groups is 1. The van der Waals surface area contributed by atoms with E-state index in [0.29, 0.717) is 10.7 Å². The van der Waals surface area contributed by atoms with Crippen LogP contribution in [-0.2, 0) is 0 Å².